The number of hydrogen-bond donors (Lipinski definition) is 0. The topological polar surface area (TPSA) is 124 Å². The highest BCUT2D eigenvalue weighted by molar-refractivity contribution is 5.70. The molecular formula is C40H72O10. The highest BCUT2D eigenvalue weighted by Crippen LogP contribution is 2.31. The maximum absolute atomic E-state index is 12.5. The molecule has 50 heavy (non-hydrogen) atoms. The van der Waals surface area contributed by atoms with Crippen LogP contribution in [0.1, 0.15) is 182 Å². The highest BCUT2D eigenvalue weighted by Gasteiger charge is 2.42. The number of carbonyl (C=O) groups is 4. The first-order valence-corrected chi connectivity index (χ1v) is 20.0. The lowest BCUT2D eigenvalue weighted by Gasteiger charge is -2.42. The van der Waals surface area contributed by atoms with Crippen molar-refractivity contribution in [1.29, 1.82) is 0 Å². The Hall–Kier alpha value is -2.20. The summed E-state index contributed by atoms with van der Waals surface area (Å²) in [7, 11) is 0. The zero-order valence-corrected chi connectivity index (χ0v) is 32.3. The van der Waals surface area contributed by atoms with E-state index in [1.807, 2.05) is 13.8 Å². The smallest absolute Gasteiger partial charge is 0.305 e. The number of hydrogen-bond acceptors (Lipinski definition) is 10. The predicted octanol–water partition coefficient (Wildman–Crippen LogP) is 9.33. The van der Waals surface area contributed by atoms with Crippen LogP contribution in [-0.4, -0.2) is 69.3 Å². The second-order valence-corrected chi connectivity index (χ2v) is 14.6. The molecule has 0 radical (unpaired) electrons. The summed E-state index contributed by atoms with van der Waals surface area (Å²) in [6.07, 6.45) is 21.5. The number of unbranched alkanes of at least 4 members (excludes halogenated alkanes) is 16. The second-order valence-electron chi connectivity index (χ2n) is 14.6. The molecule has 10 heteroatoms. The van der Waals surface area contributed by atoms with Crippen molar-refractivity contribution in [2.24, 2.45) is 5.41 Å². The summed E-state index contributed by atoms with van der Waals surface area (Å²) in [6, 6.07) is 0. The van der Waals surface area contributed by atoms with Crippen molar-refractivity contribution in [3.8, 4) is 0 Å². The van der Waals surface area contributed by atoms with Gasteiger partial charge in [-0.2, -0.15) is 0 Å². The van der Waals surface area contributed by atoms with Gasteiger partial charge in [0.25, 0.3) is 0 Å². The Morgan fingerprint density at radius 2 is 0.740 bits per heavy atom. The first-order valence-electron chi connectivity index (χ1n) is 20.0. The van der Waals surface area contributed by atoms with Crippen molar-refractivity contribution in [2.75, 3.05) is 39.6 Å². The van der Waals surface area contributed by atoms with Crippen molar-refractivity contribution in [2.45, 2.75) is 188 Å². The van der Waals surface area contributed by atoms with Crippen LogP contribution >= 0.6 is 0 Å². The minimum atomic E-state index is -0.771. The molecule has 10 nitrogen and oxygen atoms in total. The molecule has 1 rings (SSSR count). The van der Waals surface area contributed by atoms with Crippen LogP contribution in [0.4, 0.5) is 0 Å². The van der Waals surface area contributed by atoms with E-state index in [0.717, 1.165) is 64.2 Å². The Labute approximate surface area is 303 Å². The van der Waals surface area contributed by atoms with Gasteiger partial charge in [0.2, 0.25) is 0 Å². The first-order chi connectivity index (χ1) is 24.1. The van der Waals surface area contributed by atoms with Crippen LogP contribution in [0.25, 0.3) is 0 Å². The molecule has 0 aromatic rings. The Kier molecular flexibility index (Phi) is 26.9. The van der Waals surface area contributed by atoms with Gasteiger partial charge in [-0.05, 0) is 52.4 Å². The van der Waals surface area contributed by atoms with E-state index in [1.165, 1.54) is 51.4 Å². The molecule has 1 aliphatic heterocycles. The molecule has 1 fully saturated rings. The monoisotopic (exact) mass is 713 g/mol. The highest BCUT2D eigenvalue weighted by atomic mass is 16.7. The largest absolute Gasteiger partial charge is 0.466 e. The van der Waals surface area contributed by atoms with Crippen molar-refractivity contribution in [1.82, 2.24) is 0 Å². The molecule has 0 unspecified atom stereocenters. The fourth-order valence-corrected chi connectivity index (χ4v) is 5.62. The molecule has 0 spiro atoms. The zero-order valence-electron chi connectivity index (χ0n) is 32.3. The molecule has 1 saturated heterocycles. The minimum absolute atomic E-state index is 0.0363. The second kappa shape index (κ2) is 29.4. The quantitative estimate of drug-likeness (QED) is 0.0379. The van der Waals surface area contributed by atoms with E-state index in [0.29, 0.717) is 38.9 Å². The van der Waals surface area contributed by atoms with Gasteiger partial charge in [-0.1, -0.05) is 104 Å². The van der Waals surface area contributed by atoms with Crippen LogP contribution in [0, 0.1) is 5.41 Å². The third-order valence-electron chi connectivity index (χ3n) is 9.08. The van der Waals surface area contributed by atoms with Crippen LogP contribution in [-0.2, 0) is 47.6 Å². The van der Waals surface area contributed by atoms with Crippen LogP contribution < -0.4 is 0 Å². The third-order valence-corrected chi connectivity index (χ3v) is 9.08. The van der Waals surface area contributed by atoms with Gasteiger partial charge in [0.15, 0.2) is 5.79 Å². The fraction of sp³-hybridized carbons (Fsp3) is 0.900. The molecule has 0 bridgehead atoms. The van der Waals surface area contributed by atoms with Gasteiger partial charge in [-0.25, -0.2) is 0 Å². The van der Waals surface area contributed by atoms with E-state index in [9.17, 15) is 19.2 Å². The standard InChI is InChI=1S/C40H72O10/c1-5-7-9-11-17-23-29-45-35(41)25-19-13-15-21-27-37(43)47-31-40(33-49-39(3,4)50-34-40)32-48-38(44)28-22-16-14-20-26-36(42)46-30-24-18-12-10-8-6-2/h5-34H2,1-4H3. The van der Waals surface area contributed by atoms with Gasteiger partial charge in [0.05, 0.1) is 31.8 Å². The normalized spacial score (nSPS) is 15.0. The van der Waals surface area contributed by atoms with Gasteiger partial charge in [0.1, 0.15) is 13.2 Å². The van der Waals surface area contributed by atoms with E-state index in [-0.39, 0.29) is 63.1 Å². The number of carbonyl (C=O) groups excluding carboxylic acids is 4. The molecule has 0 amide bonds. The third kappa shape index (κ3) is 25.7. The van der Waals surface area contributed by atoms with Crippen LogP contribution in [0.3, 0.4) is 0 Å². The molecule has 0 saturated carbocycles. The summed E-state index contributed by atoms with van der Waals surface area (Å²) in [5.74, 6) is -1.68. The summed E-state index contributed by atoms with van der Waals surface area (Å²) >= 11 is 0. The van der Waals surface area contributed by atoms with Crippen LogP contribution in [0.15, 0.2) is 0 Å². The average molecular weight is 713 g/mol. The number of esters is 4. The predicted molar refractivity (Wildman–Crippen MR) is 194 cm³/mol. The van der Waals surface area contributed by atoms with Gasteiger partial charge in [-0.15, -0.1) is 0 Å². The fourth-order valence-electron chi connectivity index (χ4n) is 5.62. The summed E-state index contributed by atoms with van der Waals surface area (Å²) in [5, 5.41) is 0. The summed E-state index contributed by atoms with van der Waals surface area (Å²) in [5.41, 5.74) is -0.771. The van der Waals surface area contributed by atoms with Gasteiger partial charge < -0.3 is 28.4 Å². The van der Waals surface area contributed by atoms with E-state index < -0.39 is 11.2 Å². The Morgan fingerprint density at radius 3 is 1.10 bits per heavy atom. The summed E-state index contributed by atoms with van der Waals surface area (Å²) < 4.78 is 33.6. The van der Waals surface area contributed by atoms with Gasteiger partial charge in [0, 0.05) is 25.7 Å². The van der Waals surface area contributed by atoms with Crippen molar-refractivity contribution < 1.29 is 47.6 Å². The molecule has 1 aliphatic rings. The van der Waals surface area contributed by atoms with Crippen molar-refractivity contribution in [3.63, 3.8) is 0 Å². The summed E-state index contributed by atoms with van der Waals surface area (Å²) in [4.78, 5) is 48.9. The number of rotatable bonds is 32. The van der Waals surface area contributed by atoms with E-state index in [2.05, 4.69) is 13.8 Å². The minimum Gasteiger partial charge on any atom is -0.466 e. The molecule has 0 atom stereocenters. The van der Waals surface area contributed by atoms with Gasteiger partial charge >= 0.3 is 23.9 Å². The molecule has 1 heterocycles. The lowest BCUT2D eigenvalue weighted by molar-refractivity contribution is -0.296. The molecule has 0 aromatic carbocycles. The molecule has 292 valence electrons. The maximum atomic E-state index is 12.5. The molecular weight excluding hydrogens is 640 g/mol. The first kappa shape index (κ1) is 45.8. The Bertz CT molecular complexity index is 833. The lowest BCUT2D eigenvalue weighted by Crippen LogP contribution is -2.51. The van der Waals surface area contributed by atoms with Crippen LogP contribution in [0.5, 0.6) is 0 Å². The zero-order chi connectivity index (χ0) is 36.8. The van der Waals surface area contributed by atoms with E-state index >= 15 is 0 Å². The molecule has 0 aliphatic carbocycles. The molecule has 0 aromatic heterocycles. The van der Waals surface area contributed by atoms with E-state index in [4.69, 9.17) is 28.4 Å². The van der Waals surface area contributed by atoms with Crippen molar-refractivity contribution >= 4 is 23.9 Å². The van der Waals surface area contributed by atoms with Crippen molar-refractivity contribution in [3.05, 3.63) is 0 Å². The Balaban J connectivity index is 2.19. The SMILES string of the molecule is CCCCCCCCOC(=O)CCCCCCC(=O)OCC1(COC(=O)CCCCCCC(=O)OCCCCCCCC)COC(C)(C)OC1. The summed E-state index contributed by atoms with van der Waals surface area (Å²) in [6.45, 7) is 9.60. The van der Waals surface area contributed by atoms with E-state index in [1.54, 1.807) is 0 Å². The maximum Gasteiger partial charge on any atom is 0.305 e. The lowest BCUT2D eigenvalue weighted by atomic mass is 9.91. The number of ether oxygens (including phenoxy) is 6. The van der Waals surface area contributed by atoms with Gasteiger partial charge in [-0.3, -0.25) is 19.2 Å². The van der Waals surface area contributed by atoms with Crippen LogP contribution in [0.2, 0.25) is 0 Å². The average Bonchev–Trinajstić information content (AvgIpc) is 3.09. The molecule has 0 N–H and O–H groups in total. The Morgan fingerprint density at radius 1 is 0.440 bits per heavy atom.